The molecule has 0 saturated carbocycles. The first-order valence-electron chi connectivity index (χ1n) is 9.99. The van der Waals surface area contributed by atoms with Gasteiger partial charge in [-0.05, 0) is 18.2 Å². The van der Waals surface area contributed by atoms with Gasteiger partial charge in [-0.3, -0.25) is 4.18 Å². The number of nitrogens with one attached hydrogen (secondary N) is 1. The van der Waals surface area contributed by atoms with E-state index in [0.29, 0.717) is 0 Å². The van der Waals surface area contributed by atoms with Crippen molar-refractivity contribution in [1.82, 2.24) is 14.1 Å². The number of para-hydroxylation sites is 1. The van der Waals surface area contributed by atoms with Crippen LogP contribution in [0.4, 0.5) is 0 Å². The highest BCUT2D eigenvalue weighted by Gasteiger charge is 2.25. The van der Waals surface area contributed by atoms with Gasteiger partial charge in [0.05, 0.1) is 32.3 Å². The number of rotatable bonds is 3. The predicted molar refractivity (Wildman–Crippen MR) is 130 cm³/mol. The third-order valence-electron chi connectivity index (χ3n) is 5.59. The first-order valence-corrected chi connectivity index (χ1v) is 12.1. The molecule has 0 radical (unpaired) electrons. The number of benzene rings is 2. The average molecular weight is 531 g/mol. The van der Waals surface area contributed by atoms with E-state index in [1.807, 2.05) is 0 Å². The monoisotopic (exact) mass is 530 g/mol. The van der Waals surface area contributed by atoms with Crippen LogP contribution in [0.25, 0.3) is 44.5 Å². The second-order valence-electron chi connectivity index (χ2n) is 7.65. The second kappa shape index (κ2) is 8.79. The first kappa shape index (κ1) is 23.2. The highest BCUT2D eigenvalue weighted by Crippen LogP contribution is 2.34. The molecule has 0 spiro atoms. The smallest absolute Gasteiger partial charge is 0.291 e. The minimum atomic E-state index is -4.41. The van der Waals surface area contributed by atoms with E-state index in [1.165, 1.54) is 38.9 Å². The average Bonchev–Trinajstić information content (AvgIpc) is 3.42. The Morgan fingerprint density at radius 3 is 2.48 bits per heavy atom. The molecule has 0 atom stereocenters. The number of hydrogen-bond donors (Lipinski definition) is 1. The van der Waals surface area contributed by atoms with Crippen molar-refractivity contribution in [3.8, 4) is 22.6 Å². The van der Waals surface area contributed by atoms with Gasteiger partial charge in [-0.1, -0.05) is 40.2 Å². The largest absolute Gasteiger partial charge is 0.726 e. The van der Waals surface area contributed by atoms with Crippen LogP contribution in [0.5, 0.6) is 0 Å². The summed E-state index contributed by atoms with van der Waals surface area (Å²) in [5.41, 5.74) is 6.02. The molecule has 5 aromatic rings. The molecular weight excluding hydrogens is 508 g/mol. The van der Waals surface area contributed by atoms with Gasteiger partial charge in [-0.2, -0.15) is 0 Å². The van der Waals surface area contributed by atoms with Crippen molar-refractivity contribution in [3.05, 3.63) is 65.5 Å². The summed E-state index contributed by atoms with van der Waals surface area (Å²) in [4.78, 5) is 3.39. The fraction of sp³-hybridized carbons (Fsp3) is 0.174. The molecule has 0 unspecified atom stereocenters. The summed E-state index contributed by atoms with van der Waals surface area (Å²) in [6.45, 7) is 0. The Morgan fingerprint density at radius 2 is 1.79 bits per heavy atom. The lowest BCUT2D eigenvalue weighted by Crippen LogP contribution is -2.28. The summed E-state index contributed by atoms with van der Waals surface area (Å²) in [7, 11) is 2.75. The molecule has 0 aliphatic carbocycles. The van der Waals surface area contributed by atoms with E-state index in [0.717, 1.165) is 17.1 Å². The third kappa shape index (κ3) is 4.47. The van der Waals surface area contributed by atoms with Crippen molar-refractivity contribution >= 4 is 48.1 Å². The van der Waals surface area contributed by atoms with Crippen molar-refractivity contribution in [2.75, 3.05) is 7.11 Å². The number of nitrogens with zero attached hydrogens (tertiary/aromatic N) is 3. The summed E-state index contributed by atoms with van der Waals surface area (Å²) >= 11 is 3.59. The lowest BCUT2D eigenvalue weighted by molar-refractivity contribution is -0.659. The van der Waals surface area contributed by atoms with Gasteiger partial charge in [0.1, 0.15) is 6.20 Å². The molecule has 0 aliphatic heterocycles. The number of imidazole rings is 1. The van der Waals surface area contributed by atoms with Gasteiger partial charge in [0.15, 0.2) is 5.69 Å². The molecule has 0 saturated heterocycles. The fourth-order valence-electron chi connectivity index (χ4n) is 4.12. The van der Waals surface area contributed by atoms with Crippen LogP contribution in [0, 0.1) is 0 Å². The zero-order valence-electron chi connectivity index (χ0n) is 18.5. The van der Waals surface area contributed by atoms with E-state index in [4.69, 9.17) is 0 Å². The zero-order chi connectivity index (χ0) is 23.9. The quantitative estimate of drug-likeness (QED) is 0.216. The minimum Gasteiger partial charge on any atom is -0.726 e. The summed E-state index contributed by atoms with van der Waals surface area (Å²) in [5.74, 6) is 1.18. The molecule has 8 nitrogen and oxygen atoms in total. The van der Waals surface area contributed by atoms with E-state index in [9.17, 15) is 13.0 Å². The summed E-state index contributed by atoms with van der Waals surface area (Å²) in [6.07, 6.45) is 6.53. The highest BCUT2D eigenvalue weighted by molar-refractivity contribution is 9.10. The lowest BCUT2D eigenvalue weighted by Gasteiger charge is -2.00. The lowest BCUT2D eigenvalue weighted by atomic mass is 10.1. The molecule has 172 valence electrons. The molecule has 0 fully saturated rings. The Kier molecular flexibility index (Phi) is 6.19. The third-order valence-corrected chi connectivity index (χ3v) is 6.49. The van der Waals surface area contributed by atoms with Crippen LogP contribution < -0.4 is 4.57 Å². The van der Waals surface area contributed by atoms with E-state index >= 15 is 0 Å². The van der Waals surface area contributed by atoms with Crippen LogP contribution in [0.1, 0.15) is 0 Å². The van der Waals surface area contributed by atoms with E-state index in [1.54, 1.807) is 0 Å². The van der Waals surface area contributed by atoms with Gasteiger partial charge in [0.2, 0.25) is 10.4 Å². The Bertz CT molecular complexity index is 1580. The normalized spacial score (nSPS) is 11.7. The number of fused-ring (bicyclic) bond motifs is 2. The van der Waals surface area contributed by atoms with Crippen LogP contribution in [0.15, 0.2) is 65.5 Å². The summed E-state index contributed by atoms with van der Waals surface area (Å²) < 4.78 is 38.8. The number of aromatic amines is 1. The topological polar surface area (TPSA) is 96.0 Å². The maximum absolute atomic E-state index is 9.22. The van der Waals surface area contributed by atoms with Crippen LogP contribution >= 0.6 is 15.9 Å². The van der Waals surface area contributed by atoms with Crippen LogP contribution in [0.2, 0.25) is 0 Å². The Balaban J connectivity index is 0.000000385. The molecule has 10 heteroatoms. The SMILES string of the molecule is COS(=O)(=O)[O-].Cn1c(-c2c[nH]c3ccccc23)c[n+](C)c1-c1cn(C)c2cc(Br)ccc12. The fourth-order valence-corrected chi connectivity index (χ4v) is 4.47. The molecule has 0 aliphatic rings. The minimum absolute atomic E-state index is 0.808. The van der Waals surface area contributed by atoms with Gasteiger partial charge < -0.3 is 14.1 Å². The molecule has 0 amide bonds. The number of aryl methyl sites for hydroxylation is 2. The van der Waals surface area contributed by atoms with Crippen molar-refractivity contribution in [3.63, 3.8) is 0 Å². The molecule has 3 aromatic heterocycles. The summed E-state index contributed by atoms with van der Waals surface area (Å²) in [5, 5.41) is 2.50. The van der Waals surface area contributed by atoms with Crippen molar-refractivity contribution in [1.29, 1.82) is 0 Å². The number of halogens is 1. The molecule has 2 aromatic carbocycles. The van der Waals surface area contributed by atoms with Crippen LogP contribution in [-0.4, -0.2) is 34.2 Å². The Morgan fingerprint density at radius 1 is 1.09 bits per heavy atom. The first-order chi connectivity index (χ1) is 15.6. The van der Waals surface area contributed by atoms with Crippen LogP contribution in [0.3, 0.4) is 0 Å². The van der Waals surface area contributed by atoms with Gasteiger partial charge in [0.25, 0.3) is 5.82 Å². The second-order valence-corrected chi connectivity index (χ2v) is 9.71. The van der Waals surface area contributed by atoms with Gasteiger partial charge >= 0.3 is 0 Å². The van der Waals surface area contributed by atoms with E-state index in [2.05, 4.69) is 121 Å². The summed E-state index contributed by atoms with van der Waals surface area (Å²) in [6, 6.07) is 14.9. The number of aromatic nitrogens is 4. The molecule has 0 bridgehead atoms. The van der Waals surface area contributed by atoms with Crippen molar-refractivity contribution in [2.24, 2.45) is 21.1 Å². The maximum atomic E-state index is 9.22. The Hall–Kier alpha value is -2.92. The van der Waals surface area contributed by atoms with Gasteiger partial charge in [-0.25, -0.2) is 17.6 Å². The van der Waals surface area contributed by atoms with Gasteiger partial charge in [0, 0.05) is 45.7 Å². The molecule has 33 heavy (non-hydrogen) atoms. The Labute approximate surface area is 200 Å². The van der Waals surface area contributed by atoms with Gasteiger partial charge in [-0.15, -0.1) is 0 Å². The standard InChI is InChI=1S/C22H20BrN4.CH4O4S/c1-25-12-18(16-9-8-14(23)10-20(16)25)22-26(2)13-21(27(22)3)17-11-24-19-7-5-4-6-15(17)19;1-5-6(2,3)4/h4-13,24H,1-3H3;1H3,(H,2,3,4)/q+1;/p-1. The highest BCUT2D eigenvalue weighted by atomic mass is 79.9. The molecule has 1 N–H and O–H groups in total. The van der Waals surface area contributed by atoms with E-state index in [-0.39, 0.29) is 0 Å². The van der Waals surface area contributed by atoms with Crippen molar-refractivity contribution < 1.29 is 21.7 Å². The molecular formula is C23H23BrN4O4S. The van der Waals surface area contributed by atoms with E-state index < -0.39 is 10.4 Å². The maximum Gasteiger partial charge on any atom is 0.291 e. The predicted octanol–water partition coefficient (Wildman–Crippen LogP) is 4.01. The van der Waals surface area contributed by atoms with Crippen LogP contribution in [-0.2, 0) is 35.7 Å². The molecule has 5 rings (SSSR count). The number of H-pyrrole nitrogens is 1. The molecule has 3 heterocycles. The number of hydrogen-bond acceptors (Lipinski definition) is 4. The van der Waals surface area contributed by atoms with Crippen molar-refractivity contribution in [2.45, 2.75) is 0 Å². The zero-order valence-corrected chi connectivity index (χ0v) is 20.9.